The molecule has 2 amide bonds. The van der Waals surface area contributed by atoms with Crippen molar-refractivity contribution in [1.82, 2.24) is 4.90 Å². The third-order valence-corrected chi connectivity index (χ3v) is 4.01. The monoisotopic (exact) mass is 362 g/mol. The Morgan fingerprint density at radius 1 is 1.50 bits per heavy atom. The molecule has 1 rings (SSSR count). The Bertz CT molecular complexity index is 537. The molecule has 0 radical (unpaired) electrons. The SMILES string of the molecule is CCC(C(=O)O)N(C)C(=O)Nc1cc(Cl)c(C)cc1Br. The van der Waals surface area contributed by atoms with Crippen molar-refractivity contribution in [1.29, 1.82) is 0 Å². The van der Waals surface area contributed by atoms with E-state index in [1.54, 1.807) is 19.1 Å². The van der Waals surface area contributed by atoms with Gasteiger partial charge in [0.25, 0.3) is 0 Å². The number of nitrogens with one attached hydrogen (secondary N) is 1. The van der Waals surface area contributed by atoms with Crippen molar-refractivity contribution in [2.24, 2.45) is 0 Å². The van der Waals surface area contributed by atoms with E-state index in [0.29, 0.717) is 21.6 Å². The smallest absolute Gasteiger partial charge is 0.326 e. The van der Waals surface area contributed by atoms with Crippen LogP contribution in [0.4, 0.5) is 10.5 Å². The van der Waals surface area contributed by atoms with Gasteiger partial charge in [-0.25, -0.2) is 9.59 Å². The van der Waals surface area contributed by atoms with Crippen molar-refractivity contribution in [2.75, 3.05) is 12.4 Å². The number of hydrogen-bond donors (Lipinski definition) is 2. The number of carboxylic acid groups (broad SMARTS) is 1. The normalized spacial score (nSPS) is 11.8. The number of aliphatic carboxylic acids is 1. The summed E-state index contributed by atoms with van der Waals surface area (Å²) in [5.41, 5.74) is 1.37. The first kappa shape index (κ1) is 16.8. The Balaban J connectivity index is 2.90. The molecule has 110 valence electrons. The minimum absolute atomic E-state index is 0.328. The van der Waals surface area contributed by atoms with Crippen LogP contribution in [-0.4, -0.2) is 35.1 Å². The number of likely N-dealkylation sites (N-methyl/N-ethyl adjacent to an activating group) is 1. The van der Waals surface area contributed by atoms with E-state index in [1.165, 1.54) is 7.05 Å². The number of anilines is 1. The van der Waals surface area contributed by atoms with E-state index >= 15 is 0 Å². The number of carbonyl (C=O) groups excluding carboxylic acids is 1. The quantitative estimate of drug-likeness (QED) is 0.856. The summed E-state index contributed by atoms with van der Waals surface area (Å²) >= 11 is 9.34. The second-order valence-electron chi connectivity index (χ2n) is 4.38. The zero-order valence-electron chi connectivity index (χ0n) is 11.4. The van der Waals surface area contributed by atoms with Gasteiger partial charge in [-0.3, -0.25) is 0 Å². The van der Waals surface area contributed by atoms with Crippen LogP contribution in [0.25, 0.3) is 0 Å². The highest BCUT2D eigenvalue weighted by Gasteiger charge is 2.25. The van der Waals surface area contributed by atoms with Crippen molar-refractivity contribution in [2.45, 2.75) is 26.3 Å². The fourth-order valence-corrected chi connectivity index (χ4v) is 2.42. The second-order valence-corrected chi connectivity index (χ2v) is 5.65. The number of hydrogen-bond acceptors (Lipinski definition) is 2. The van der Waals surface area contributed by atoms with Gasteiger partial charge in [0.05, 0.1) is 5.69 Å². The number of halogens is 2. The van der Waals surface area contributed by atoms with E-state index in [0.717, 1.165) is 10.5 Å². The summed E-state index contributed by atoms with van der Waals surface area (Å²) in [6.07, 6.45) is 0.328. The minimum atomic E-state index is -1.04. The molecule has 1 atom stereocenters. The molecular weight excluding hydrogens is 348 g/mol. The summed E-state index contributed by atoms with van der Waals surface area (Å²) in [7, 11) is 1.45. The Hall–Kier alpha value is -1.27. The molecule has 1 unspecified atom stereocenters. The van der Waals surface area contributed by atoms with Gasteiger partial charge in [-0.15, -0.1) is 0 Å². The van der Waals surface area contributed by atoms with Gasteiger partial charge in [0, 0.05) is 16.5 Å². The highest BCUT2D eigenvalue weighted by atomic mass is 79.9. The Morgan fingerprint density at radius 3 is 2.60 bits per heavy atom. The van der Waals surface area contributed by atoms with Crippen LogP contribution in [0.2, 0.25) is 5.02 Å². The third kappa shape index (κ3) is 3.86. The number of benzene rings is 1. The predicted octanol–water partition coefficient (Wildman–Crippen LogP) is 3.74. The number of carboxylic acids is 1. The van der Waals surface area contributed by atoms with Gasteiger partial charge in [0.1, 0.15) is 6.04 Å². The molecule has 7 heteroatoms. The van der Waals surface area contributed by atoms with Crippen molar-refractivity contribution in [3.8, 4) is 0 Å². The first-order valence-corrected chi connectivity index (χ1v) is 7.17. The molecule has 0 heterocycles. The first-order chi connectivity index (χ1) is 9.27. The number of nitrogens with zero attached hydrogens (tertiary/aromatic N) is 1. The lowest BCUT2D eigenvalue weighted by molar-refractivity contribution is -0.141. The molecule has 0 aliphatic carbocycles. The third-order valence-electron chi connectivity index (χ3n) is 2.95. The number of rotatable bonds is 4. The molecule has 20 heavy (non-hydrogen) atoms. The molecule has 5 nitrogen and oxygen atoms in total. The minimum Gasteiger partial charge on any atom is -0.480 e. The van der Waals surface area contributed by atoms with Crippen LogP contribution in [0.5, 0.6) is 0 Å². The summed E-state index contributed by atoms with van der Waals surface area (Å²) in [4.78, 5) is 24.3. The predicted molar refractivity (Wildman–Crippen MR) is 82.4 cm³/mol. The lowest BCUT2D eigenvalue weighted by atomic mass is 10.2. The average molecular weight is 364 g/mol. The number of carbonyl (C=O) groups is 2. The molecule has 0 spiro atoms. The maximum absolute atomic E-state index is 12.1. The maximum atomic E-state index is 12.1. The topological polar surface area (TPSA) is 69.6 Å². The Kier molecular flexibility index (Phi) is 5.83. The summed E-state index contributed by atoms with van der Waals surface area (Å²) in [5, 5.41) is 12.2. The van der Waals surface area contributed by atoms with Crippen molar-refractivity contribution in [3.63, 3.8) is 0 Å². The molecule has 0 fully saturated rings. The van der Waals surface area contributed by atoms with Crippen LogP contribution < -0.4 is 5.32 Å². The van der Waals surface area contributed by atoms with E-state index in [2.05, 4.69) is 21.2 Å². The Labute approximate surface area is 131 Å². The van der Waals surface area contributed by atoms with Crippen LogP contribution in [0.3, 0.4) is 0 Å². The van der Waals surface area contributed by atoms with E-state index in [9.17, 15) is 9.59 Å². The zero-order chi connectivity index (χ0) is 15.4. The van der Waals surface area contributed by atoms with Crippen molar-refractivity contribution in [3.05, 3.63) is 27.2 Å². The fourth-order valence-electron chi connectivity index (χ4n) is 1.70. The van der Waals surface area contributed by atoms with Gasteiger partial charge < -0.3 is 15.3 Å². The highest BCUT2D eigenvalue weighted by Crippen LogP contribution is 2.29. The molecule has 2 N–H and O–H groups in total. The van der Waals surface area contributed by atoms with Crippen molar-refractivity contribution >= 4 is 45.2 Å². The van der Waals surface area contributed by atoms with E-state index in [-0.39, 0.29) is 0 Å². The molecule has 0 aromatic heterocycles. The van der Waals surface area contributed by atoms with Gasteiger partial charge in [-0.05, 0) is 47.0 Å². The molecular formula is C13H16BrClN2O3. The standard InChI is InChI=1S/C13H16BrClN2O3/c1-4-11(12(18)19)17(3)13(20)16-10-6-9(15)7(2)5-8(10)14/h5-6,11H,4H2,1-3H3,(H,16,20)(H,18,19). The lowest BCUT2D eigenvalue weighted by Crippen LogP contribution is -2.44. The first-order valence-electron chi connectivity index (χ1n) is 6.00. The molecule has 0 saturated heterocycles. The lowest BCUT2D eigenvalue weighted by Gasteiger charge is -2.24. The molecule has 0 bridgehead atoms. The van der Waals surface area contributed by atoms with Crippen LogP contribution in [0.1, 0.15) is 18.9 Å². The number of urea groups is 1. The summed E-state index contributed by atoms with van der Waals surface area (Å²) in [6, 6.07) is 2.04. The molecule has 0 aliphatic heterocycles. The number of amides is 2. The average Bonchev–Trinajstić information content (AvgIpc) is 2.36. The summed E-state index contributed by atoms with van der Waals surface area (Å²) in [5.74, 6) is -1.04. The van der Waals surface area contributed by atoms with Gasteiger partial charge in [-0.1, -0.05) is 18.5 Å². The molecule has 1 aromatic rings. The highest BCUT2D eigenvalue weighted by molar-refractivity contribution is 9.10. The summed E-state index contributed by atoms with van der Waals surface area (Å²) in [6.45, 7) is 3.56. The largest absolute Gasteiger partial charge is 0.480 e. The molecule has 1 aromatic carbocycles. The van der Waals surface area contributed by atoms with E-state index < -0.39 is 18.0 Å². The van der Waals surface area contributed by atoms with Crippen LogP contribution >= 0.6 is 27.5 Å². The Morgan fingerprint density at radius 2 is 2.10 bits per heavy atom. The fraction of sp³-hybridized carbons (Fsp3) is 0.385. The van der Waals surface area contributed by atoms with Crippen LogP contribution in [0, 0.1) is 6.92 Å². The van der Waals surface area contributed by atoms with Crippen LogP contribution in [-0.2, 0) is 4.79 Å². The van der Waals surface area contributed by atoms with Gasteiger partial charge >= 0.3 is 12.0 Å². The second kappa shape index (κ2) is 6.95. The van der Waals surface area contributed by atoms with E-state index in [1.807, 2.05) is 6.92 Å². The van der Waals surface area contributed by atoms with Gasteiger partial charge in [0.15, 0.2) is 0 Å². The molecule has 0 saturated carbocycles. The maximum Gasteiger partial charge on any atom is 0.326 e. The summed E-state index contributed by atoms with van der Waals surface area (Å²) < 4.78 is 0.685. The van der Waals surface area contributed by atoms with Crippen LogP contribution in [0.15, 0.2) is 16.6 Å². The zero-order valence-corrected chi connectivity index (χ0v) is 13.7. The van der Waals surface area contributed by atoms with Crippen molar-refractivity contribution < 1.29 is 14.7 Å². The van der Waals surface area contributed by atoms with Gasteiger partial charge in [-0.2, -0.15) is 0 Å². The molecule has 0 aliphatic rings. The van der Waals surface area contributed by atoms with Gasteiger partial charge in [0.2, 0.25) is 0 Å². The van der Waals surface area contributed by atoms with E-state index in [4.69, 9.17) is 16.7 Å². The number of aryl methyl sites for hydroxylation is 1.